The molecule has 0 saturated carbocycles. The van der Waals surface area contributed by atoms with Crippen molar-refractivity contribution in [3.8, 4) is 5.75 Å². The van der Waals surface area contributed by atoms with Crippen LogP contribution in [-0.4, -0.2) is 17.1 Å². The van der Waals surface area contributed by atoms with Crippen molar-refractivity contribution < 1.29 is 23.8 Å². The van der Waals surface area contributed by atoms with Crippen LogP contribution in [0.4, 0.5) is 14.9 Å². The van der Waals surface area contributed by atoms with Crippen LogP contribution in [0.15, 0.2) is 30.5 Å². The molecule has 1 N–H and O–H groups in total. The number of aromatic hydroxyl groups is 1. The first-order valence-corrected chi connectivity index (χ1v) is 4.24. The van der Waals surface area contributed by atoms with Crippen molar-refractivity contribution in [3.63, 3.8) is 0 Å². The summed E-state index contributed by atoms with van der Waals surface area (Å²) in [6.45, 7) is 3.23. The SMILES string of the molecule is C=C1OC(=O)N(c2ccc(F)c(O)c2)C1=O. The number of cyclic esters (lactones) is 1. The van der Waals surface area contributed by atoms with Crippen LogP contribution in [0.5, 0.6) is 5.75 Å². The predicted octanol–water partition coefficient (Wildman–Crippen LogP) is 1.53. The van der Waals surface area contributed by atoms with E-state index in [-0.39, 0.29) is 11.4 Å². The number of halogens is 1. The minimum absolute atomic E-state index is 0.0209. The summed E-state index contributed by atoms with van der Waals surface area (Å²) in [7, 11) is 0. The number of carbonyl (C=O) groups is 2. The number of phenolic OH excluding ortho intramolecular Hbond substituents is 1. The summed E-state index contributed by atoms with van der Waals surface area (Å²) in [5.74, 6) is -2.55. The molecule has 0 atom stereocenters. The number of nitrogens with zero attached hydrogens (tertiary/aromatic N) is 1. The van der Waals surface area contributed by atoms with Gasteiger partial charge in [-0.15, -0.1) is 0 Å². The zero-order valence-corrected chi connectivity index (χ0v) is 7.94. The maximum atomic E-state index is 12.8. The van der Waals surface area contributed by atoms with E-state index in [4.69, 9.17) is 5.11 Å². The first-order valence-electron chi connectivity index (χ1n) is 4.24. The van der Waals surface area contributed by atoms with Crippen LogP contribution in [-0.2, 0) is 9.53 Å². The summed E-state index contributed by atoms with van der Waals surface area (Å²) in [5, 5.41) is 9.11. The molecule has 0 unspecified atom stereocenters. The number of imide groups is 1. The number of phenols is 1. The molecule has 0 spiro atoms. The van der Waals surface area contributed by atoms with Crippen molar-refractivity contribution in [1.82, 2.24) is 0 Å². The molecule has 1 aliphatic heterocycles. The Balaban J connectivity index is 2.45. The number of hydrogen-bond donors (Lipinski definition) is 1. The zero-order chi connectivity index (χ0) is 11.9. The van der Waals surface area contributed by atoms with Crippen molar-refractivity contribution in [1.29, 1.82) is 0 Å². The lowest BCUT2D eigenvalue weighted by Crippen LogP contribution is -2.28. The molecule has 0 bridgehead atoms. The highest BCUT2D eigenvalue weighted by Gasteiger charge is 2.36. The maximum Gasteiger partial charge on any atom is 0.427 e. The molecule has 5 nitrogen and oxygen atoms in total. The Hall–Kier alpha value is -2.37. The van der Waals surface area contributed by atoms with Crippen molar-refractivity contribution in [2.45, 2.75) is 0 Å². The van der Waals surface area contributed by atoms with E-state index in [1.54, 1.807) is 0 Å². The van der Waals surface area contributed by atoms with E-state index in [0.717, 1.165) is 12.1 Å². The third kappa shape index (κ3) is 1.40. The van der Waals surface area contributed by atoms with Gasteiger partial charge in [0.25, 0.3) is 0 Å². The van der Waals surface area contributed by atoms with Gasteiger partial charge >= 0.3 is 12.0 Å². The Labute approximate surface area is 89.4 Å². The zero-order valence-electron chi connectivity index (χ0n) is 7.94. The van der Waals surface area contributed by atoms with E-state index in [2.05, 4.69) is 11.3 Å². The Morgan fingerprint density at radius 1 is 1.38 bits per heavy atom. The Morgan fingerprint density at radius 2 is 2.06 bits per heavy atom. The van der Waals surface area contributed by atoms with Gasteiger partial charge in [-0.05, 0) is 18.7 Å². The normalized spacial score (nSPS) is 15.6. The molecule has 6 heteroatoms. The molecule has 0 aliphatic carbocycles. The molecule has 1 aromatic rings. The number of rotatable bonds is 1. The van der Waals surface area contributed by atoms with Crippen LogP contribution < -0.4 is 4.90 Å². The molecule has 1 saturated heterocycles. The predicted molar refractivity (Wildman–Crippen MR) is 51.2 cm³/mol. The molecular weight excluding hydrogens is 217 g/mol. The summed E-state index contributed by atoms with van der Waals surface area (Å²) >= 11 is 0. The summed E-state index contributed by atoms with van der Waals surface area (Å²) in [5.41, 5.74) is 0.0209. The highest BCUT2D eigenvalue weighted by molar-refractivity contribution is 6.23. The van der Waals surface area contributed by atoms with Gasteiger partial charge in [0.15, 0.2) is 17.3 Å². The topological polar surface area (TPSA) is 66.8 Å². The van der Waals surface area contributed by atoms with Gasteiger partial charge < -0.3 is 9.84 Å². The molecule has 1 aliphatic rings. The largest absolute Gasteiger partial charge is 0.505 e. The minimum Gasteiger partial charge on any atom is -0.505 e. The summed E-state index contributed by atoms with van der Waals surface area (Å²) in [6.07, 6.45) is -0.930. The number of carbonyl (C=O) groups excluding carboxylic acids is 2. The quantitative estimate of drug-likeness (QED) is 0.733. The lowest BCUT2D eigenvalue weighted by molar-refractivity contribution is -0.114. The third-order valence-corrected chi connectivity index (χ3v) is 2.02. The second kappa shape index (κ2) is 3.34. The molecule has 0 aromatic heterocycles. The molecule has 1 aromatic carbocycles. The molecule has 82 valence electrons. The number of hydrogen-bond acceptors (Lipinski definition) is 4. The molecule has 2 rings (SSSR count). The minimum atomic E-state index is -0.930. The van der Waals surface area contributed by atoms with Crippen LogP contribution in [0.25, 0.3) is 0 Å². The van der Waals surface area contributed by atoms with E-state index in [1.165, 1.54) is 6.07 Å². The van der Waals surface area contributed by atoms with Crippen molar-refractivity contribution in [2.24, 2.45) is 0 Å². The van der Waals surface area contributed by atoms with Gasteiger partial charge in [0, 0.05) is 6.07 Å². The van der Waals surface area contributed by atoms with Crippen LogP contribution >= 0.6 is 0 Å². The van der Waals surface area contributed by atoms with Crippen molar-refractivity contribution in [2.75, 3.05) is 4.90 Å². The maximum absolute atomic E-state index is 12.8. The number of anilines is 1. The number of amides is 2. The Morgan fingerprint density at radius 3 is 2.56 bits per heavy atom. The van der Waals surface area contributed by atoms with Crippen molar-refractivity contribution >= 4 is 17.7 Å². The van der Waals surface area contributed by atoms with Gasteiger partial charge in [-0.25, -0.2) is 14.1 Å². The second-order valence-electron chi connectivity index (χ2n) is 3.07. The van der Waals surface area contributed by atoms with Crippen molar-refractivity contribution in [3.05, 3.63) is 36.4 Å². The Kier molecular flexibility index (Phi) is 2.12. The van der Waals surface area contributed by atoms with Gasteiger partial charge in [0.1, 0.15) is 0 Å². The fourth-order valence-electron chi connectivity index (χ4n) is 1.27. The summed E-state index contributed by atoms with van der Waals surface area (Å²) < 4.78 is 17.2. The van der Waals surface area contributed by atoms with Crippen LogP contribution in [0, 0.1) is 5.82 Å². The van der Waals surface area contributed by atoms with E-state index in [1.807, 2.05) is 0 Å². The standard InChI is InChI=1S/C10H6FNO4/c1-5-9(14)12(10(15)16-5)6-2-3-7(11)8(13)4-6/h2-4,13H,1H2. The van der Waals surface area contributed by atoms with E-state index in [0.29, 0.717) is 4.90 Å². The molecule has 1 fully saturated rings. The van der Waals surface area contributed by atoms with E-state index >= 15 is 0 Å². The van der Waals surface area contributed by atoms with Gasteiger partial charge in [0.2, 0.25) is 0 Å². The average Bonchev–Trinajstić information content (AvgIpc) is 2.47. The molecule has 0 radical (unpaired) electrons. The summed E-state index contributed by atoms with van der Waals surface area (Å²) in [4.78, 5) is 23.3. The number of ether oxygens (including phenoxy) is 1. The fourth-order valence-corrected chi connectivity index (χ4v) is 1.27. The summed E-state index contributed by atoms with van der Waals surface area (Å²) in [6, 6.07) is 3.06. The Bertz CT molecular complexity index is 512. The monoisotopic (exact) mass is 223 g/mol. The molecular formula is C10H6FNO4. The average molecular weight is 223 g/mol. The smallest absolute Gasteiger partial charge is 0.427 e. The second-order valence-corrected chi connectivity index (χ2v) is 3.07. The number of benzene rings is 1. The van der Waals surface area contributed by atoms with E-state index < -0.39 is 23.6 Å². The molecule has 1 heterocycles. The van der Waals surface area contributed by atoms with Gasteiger partial charge in [-0.1, -0.05) is 0 Å². The van der Waals surface area contributed by atoms with Gasteiger partial charge in [-0.2, -0.15) is 0 Å². The highest BCUT2D eigenvalue weighted by Crippen LogP contribution is 2.28. The first kappa shape index (κ1) is 10.2. The molecule has 16 heavy (non-hydrogen) atoms. The third-order valence-electron chi connectivity index (χ3n) is 2.02. The van der Waals surface area contributed by atoms with Crippen LogP contribution in [0.3, 0.4) is 0 Å². The fraction of sp³-hybridized carbons (Fsp3) is 0. The van der Waals surface area contributed by atoms with Crippen LogP contribution in [0.1, 0.15) is 0 Å². The van der Waals surface area contributed by atoms with Gasteiger partial charge in [-0.3, -0.25) is 4.79 Å². The lowest BCUT2D eigenvalue weighted by atomic mass is 10.2. The first-order chi connectivity index (χ1) is 7.50. The highest BCUT2D eigenvalue weighted by atomic mass is 19.1. The van der Waals surface area contributed by atoms with Gasteiger partial charge in [0.05, 0.1) is 5.69 Å². The molecule has 2 amide bonds. The lowest BCUT2D eigenvalue weighted by Gasteiger charge is -2.10. The van der Waals surface area contributed by atoms with E-state index in [9.17, 15) is 14.0 Å². The van der Waals surface area contributed by atoms with Crippen LogP contribution in [0.2, 0.25) is 0 Å².